The van der Waals surface area contributed by atoms with Gasteiger partial charge in [0.25, 0.3) is 0 Å². The summed E-state index contributed by atoms with van der Waals surface area (Å²) in [4.78, 5) is 1.65. The fourth-order valence-electron chi connectivity index (χ4n) is 2.26. The SMILES string of the molecule is Cc1cc2nn(-c3ccc(C(C)C)cc3)nc2c(Br)c1N. The lowest BCUT2D eigenvalue weighted by atomic mass is 10.0. The molecule has 5 heteroatoms. The Morgan fingerprint density at radius 2 is 1.81 bits per heavy atom. The van der Waals surface area contributed by atoms with Crippen molar-refractivity contribution in [2.24, 2.45) is 0 Å². The fraction of sp³-hybridized carbons (Fsp3) is 0.250. The summed E-state index contributed by atoms with van der Waals surface area (Å²) in [5.74, 6) is 0.514. The predicted molar refractivity (Wildman–Crippen MR) is 89.8 cm³/mol. The van der Waals surface area contributed by atoms with E-state index < -0.39 is 0 Å². The van der Waals surface area contributed by atoms with E-state index in [1.54, 1.807) is 4.80 Å². The molecule has 0 bridgehead atoms. The van der Waals surface area contributed by atoms with E-state index in [-0.39, 0.29) is 0 Å². The number of rotatable bonds is 2. The summed E-state index contributed by atoms with van der Waals surface area (Å²) in [6.07, 6.45) is 0. The van der Waals surface area contributed by atoms with Crippen molar-refractivity contribution < 1.29 is 0 Å². The Morgan fingerprint density at radius 3 is 2.43 bits per heavy atom. The molecular formula is C16H17BrN4. The maximum atomic E-state index is 6.03. The van der Waals surface area contributed by atoms with Crippen molar-refractivity contribution in [3.63, 3.8) is 0 Å². The molecule has 108 valence electrons. The number of hydrogen-bond acceptors (Lipinski definition) is 3. The molecule has 0 aliphatic rings. The molecule has 0 atom stereocenters. The van der Waals surface area contributed by atoms with Crippen LogP contribution in [0.15, 0.2) is 34.8 Å². The minimum atomic E-state index is 0.514. The van der Waals surface area contributed by atoms with Gasteiger partial charge < -0.3 is 5.73 Å². The molecule has 3 rings (SSSR count). The normalized spacial score (nSPS) is 11.5. The third-order valence-corrected chi connectivity index (χ3v) is 4.46. The first-order valence-electron chi connectivity index (χ1n) is 6.89. The zero-order valence-electron chi connectivity index (χ0n) is 12.3. The van der Waals surface area contributed by atoms with Gasteiger partial charge in [-0.15, -0.1) is 10.2 Å². The van der Waals surface area contributed by atoms with Gasteiger partial charge in [0.1, 0.15) is 11.0 Å². The van der Waals surface area contributed by atoms with E-state index in [1.165, 1.54) is 5.56 Å². The van der Waals surface area contributed by atoms with Crippen LogP contribution in [0.3, 0.4) is 0 Å². The first-order valence-corrected chi connectivity index (χ1v) is 7.68. The highest BCUT2D eigenvalue weighted by atomic mass is 79.9. The van der Waals surface area contributed by atoms with Crippen molar-refractivity contribution >= 4 is 32.7 Å². The zero-order chi connectivity index (χ0) is 15.1. The summed E-state index contributed by atoms with van der Waals surface area (Å²) in [6.45, 7) is 6.33. The van der Waals surface area contributed by atoms with Gasteiger partial charge in [-0.25, -0.2) is 0 Å². The van der Waals surface area contributed by atoms with Crippen LogP contribution in [0.4, 0.5) is 5.69 Å². The minimum Gasteiger partial charge on any atom is -0.398 e. The van der Waals surface area contributed by atoms with Gasteiger partial charge in [-0.2, -0.15) is 4.80 Å². The predicted octanol–water partition coefficient (Wildman–Crippen LogP) is 4.20. The van der Waals surface area contributed by atoms with E-state index in [1.807, 2.05) is 25.1 Å². The molecule has 21 heavy (non-hydrogen) atoms. The summed E-state index contributed by atoms with van der Waals surface area (Å²) >= 11 is 3.51. The molecule has 0 spiro atoms. The Bertz CT molecular complexity index is 803. The van der Waals surface area contributed by atoms with Crippen LogP contribution >= 0.6 is 15.9 Å². The van der Waals surface area contributed by atoms with Gasteiger partial charge in [-0.05, 0) is 58.1 Å². The van der Waals surface area contributed by atoms with Crippen LogP contribution in [0, 0.1) is 6.92 Å². The van der Waals surface area contributed by atoms with Gasteiger partial charge >= 0.3 is 0 Å². The number of nitrogens with zero attached hydrogens (tertiary/aromatic N) is 3. The maximum Gasteiger partial charge on any atom is 0.129 e. The van der Waals surface area contributed by atoms with E-state index in [2.05, 4.69) is 52.1 Å². The summed E-state index contributed by atoms with van der Waals surface area (Å²) in [7, 11) is 0. The van der Waals surface area contributed by atoms with E-state index in [9.17, 15) is 0 Å². The number of nitrogen functional groups attached to an aromatic ring is 1. The standard InChI is InChI=1S/C16H17BrN4/c1-9(2)11-4-6-12(7-5-11)21-19-13-8-10(3)15(18)14(17)16(13)20-21/h4-9H,18H2,1-3H3. The first-order chi connectivity index (χ1) is 9.97. The van der Waals surface area contributed by atoms with Crippen LogP contribution in [0.25, 0.3) is 16.7 Å². The maximum absolute atomic E-state index is 6.03. The molecule has 0 aliphatic heterocycles. The van der Waals surface area contributed by atoms with E-state index in [0.29, 0.717) is 11.6 Å². The average Bonchev–Trinajstić information content (AvgIpc) is 2.89. The molecule has 2 N–H and O–H groups in total. The van der Waals surface area contributed by atoms with Gasteiger partial charge in [0.15, 0.2) is 0 Å². The van der Waals surface area contributed by atoms with Crippen molar-refractivity contribution in [3.05, 3.63) is 45.9 Å². The number of benzene rings is 2. The van der Waals surface area contributed by atoms with Crippen molar-refractivity contribution in [2.45, 2.75) is 26.7 Å². The monoisotopic (exact) mass is 344 g/mol. The molecule has 2 aromatic carbocycles. The van der Waals surface area contributed by atoms with Gasteiger partial charge in [0.2, 0.25) is 0 Å². The highest BCUT2D eigenvalue weighted by molar-refractivity contribution is 9.10. The Hall–Kier alpha value is -1.88. The van der Waals surface area contributed by atoms with Crippen LogP contribution in [-0.4, -0.2) is 15.0 Å². The highest BCUT2D eigenvalue weighted by Gasteiger charge is 2.12. The van der Waals surface area contributed by atoms with Crippen LogP contribution < -0.4 is 5.73 Å². The van der Waals surface area contributed by atoms with Gasteiger partial charge in [-0.1, -0.05) is 26.0 Å². The second kappa shape index (κ2) is 5.15. The van der Waals surface area contributed by atoms with Crippen LogP contribution in [0.2, 0.25) is 0 Å². The van der Waals surface area contributed by atoms with Crippen molar-refractivity contribution in [1.82, 2.24) is 15.0 Å². The molecule has 3 aromatic rings. The Labute approximate surface area is 132 Å². The van der Waals surface area contributed by atoms with Gasteiger partial charge in [0.05, 0.1) is 15.8 Å². The molecule has 0 aliphatic carbocycles. The first kappa shape index (κ1) is 14.1. The summed E-state index contributed by atoms with van der Waals surface area (Å²) in [5.41, 5.74) is 11.6. The largest absolute Gasteiger partial charge is 0.398 e. The number of hydrogen-bond donors (Lipinski definition) is 1. The third kappa shape index (κ3) is 2.42. The number of fused-ring (bicyclic) bond motifs is 1. The Morgan fingerprint density at radius 1 is 1.14 bits per heavy atom. The van der Waals surface area contributed by atoms with E-state index >= 15 is 0 Å². The number of anilines is 1. The lowest BCUT2D eigenvalue weighted by Crippen LogP contribution is -1.99. The Balaban J connectivity index is 2.11. The number of nitrogens with two attached hydrogens (primary N) is 1. The van der Waals surface area contributed by atoms with Crippen molar-refractivity contribution in [1.29, 1.82) is 0 Å². The van der Waals surface area contributed by atoms with Crippen molar-refractivity contribution in [3.8, 4) is 5.69 Å². The van der Waals surface area contributed by atoms with Gasteiger partial charge in [0, 0.05) is 0 Å². The second-order valence-corrected chi connectivity index (χ2v) is 6.32. The minimum absolute atomic E-state index is 0.514. The van der Waals surface area contributed by atoms with Crippen LogP contribution in [0.5, 0.6) is 0 Å². The van der Waals surface area contributed by atoms with E-state index in [0.717, 1.165) is 26.8 Å². The summed E-state index contributed by atoms with van der Waals surface area (Å²) in [6, 6.07) is 10.3. The second-order valence-electron chi connectivity index (χ2n) is 5.52. The molecule has 1 heterocycles. The van der Waals surface area contributed by atoms with E-state index in [4.69, 9.17) is 5.73 Å². The smallest absolute Gasteiger partial charge is 0.129 e. The summed E-state index contributed by atoms with van der Waals surface area (Å²) < 4.78 is 0.808. The average molecular weight is 345 g/mol. The fourth-order valence-corrected chi connectivity index (χ4v) is 2.86. The number of aryl methyl sites for hydroxylation is 1. The number of halogens is 1. The van der Waals surface area contributed by atoms with Crippen molar-refractivity contribution in [2.75, 3.05) is 5.73 Å². The lowest BCUT2D eigenvalue weighted by molar-refractivity contribution is 0.763. The molecule has 0 fully saturated rings. The molecule has 1 aromatic heterocycles. The molecular weight excluding hydrogens is 328 g/mol. The van der Waals surface area contributed by atoms with Crippen LogP contribution in [0.1, 0.15) is 30.9 Å². The lowest BCUT2D eigenvalue weighted by Gasteiger charge is -2.05. The molecule has 0 amide bonds. The van der Waals surface area contributed by atoms with Gasteiger partial charge in [-0.3, -0.25) is 0 Å². The molecule has 0 radical (unpaired) electrons. The quantitative estimate of drug-likeness (QED) is 0.709. The number of aromatic nitrogens is 3. The molecule has 4 nitrogen and oxygen atoms in total. The molecule has 0 saturated carbocycles. The Kier molecular flexibility index (Phi) is 3.45. The third-order valence-electron chi connectivity index (χ3n) is 3.65. The molecule has 0 unspecified atom stereocenters. The topological polar surface area (TPSA) is 56.7 Å². The zero-order valence-corrected chi connectivity index (χ0v) is 13.8. The highest BCUT2D eigenvalue weighted by Crippen LogP contribution is 2.30. The summed E-state index contributed by atoms with van der Waals surface area (Å²) in [5, 5.41) is 9.08. The molecule has 0 saturated heterocycles. The van der Waals surface area contributed by atoms with Crippen LogP contribution in [-0.2, 0) is 0 Å².